The summed E-state index contributed by atoms with van der Waals surface area (Å²) >= 11 is 0. The molecule has 2 heterocycles. The molecule has 0 amide bonds. The van der Waals surface area contributed by atoms with Gasteiger partial charge in [-0.25, -0.2) is 0 Å². The maximum absolute atomic E-state index is 5.86. The van der Waals surface area contributed by atoms with E-state index in [1.54, 1.807) is 0 Å². The standard InChI is InChI=1S/C14H20BNO3/c1-10-8-17-13-5-4-11(6-7-16(2)3)12-9-18-15(19-10)14(12)13/h4-5,10H,6-9H2,1-3H3. The quantitative estimate of drug-likeness (QED) is 0.753. The van der Waals surface area contributed by atoms with Gasteiger partial charge in [-0.05, 0) is 44.6 Å². The molecule has 102 valence electrons. The zero-order valence-electron chi connectivity index (χ0n) is 11.8. The molecular weight excluding hydrogens is 241 g/mol. The summed E-state index contributed by atoms with van der Waals surface area (Å²) in [4.78, 5) is 2.20. The van der Waals surface area contributed by atoms with Gasteiger partial charge in [0.05, 0.1) is 12.7 Å². The first-order valence-corrected chi connectivity index (χ1v) is 6.84. The maximum Gasteiger partial charge on any atom is 0.498 e. The molecule has 1 aromatic rings. The molecule has 2 aliphatic heterocycles. The van der Waals surface area contributed by atoms with Crippen LogP contribution in [0.2, 0.25) is 0 Å². The Hall–Kier alpha value is -1.04. The average molecular weight is 261 g/mol. The summed E-state index contributed by atoms with van der Waals surface area (Å²) in [5.74, 6) is 0.926. The fourth-order valence-electron chi connectivity index (χ4n) is 2.63. The van der Waals surface area contributed by atoms with Crippen molar-refractivity contribution >= 4 is 12.6 Å². The highest BCUT2D eigenvalue weighted by atomic mass is 16.6. The first-order valence-electron chi connectivity index (χ1n) is 6.84. The second kappa shape index (κ2) is 5.15. The van der Waals surface area contributed by atoms with Gasteiger partial charge in [-0.2, -0.15) is 0 Å². The summed E-state index contributed by atoms with van der Waals surface area (Å²) < 4.78 is 17.5. The molecule has 0 spiro atoms. The lowest BCUT2D eigenvalue weighted by atomic mass is 9.76. The molecule has 19 heavy (non-hydrogen) atoms. The second-order valence-corrected chi connectivity index (χ2v) is 5.57. The summed E-state index contributed by atoms with van der Waals surface area (Å²) in [6.07, 6.45) is 1.09. The summed E-state index contributed by atoms with van der Waals surface area (Å²) in [6, 6.07) is 4.23. The third kappa shape index (κ3) is 2.50. The predicted molar refractivity (Wildman–Crippen MR) is 74.9 cm³/mol. The molecule has 5 heteroatoms. The van der Waals surface area contributed by atoms with Gasteiger partial charge < -0.3 is 18.9 Å². The lowest BCUT2D eigenvalue weighted by molar-refractivity contribution is 0.117. The number of ether oxygens (including phenoxy) is 1. The van der Waals surface area contributed by atoms with Crippen LogP contribution >= 0.6 is 0 Å². The fraction of sp³-hybridized carbons (Fsp3) is 0.571. The SMILES string of the molecule is CC1COc2ccc(CCN(C)C)c3c2B(OC3)O1. The van der Waals surface area contributed by atoms with Gasteiger partial charge in [0, 0.05) is 12.0 Å². The van der Waals surface area contributed by atoms with Crippen molar-refractivity contribution < 1.29 is 14.0 Å². The van der Waals surface area contributed by atoms with E-state index in [1.165, 1.54) is 11.1 Å². The Balaban J connectivity index is 1.92. The molecular formula is C14H20BNO3. The topological polar surface area (TPSA) is 30.9 Å². The van der Waals surface area contributed by atoms with Crippen molar-refractivity contribution in [2.24, 2.45) is 0 Å². The van der Waals surface area contributed by atoms with E-state index in [9.17, 15) is 0 Å². The van der Waals surface area contributed by atoms with Crippen LogP contribution in [0.5, 0.6) is 5.75 Å². The van der Waals surface area contributed by atoms with Crippen molar-refractivity contribution in [1.82, 2.24) is 4.90 Å². The van der Waals surface area contributed by atoms with E-state index >= 15 is 0 Å². The van der Waals surface area contributed by atoms with Gasteiger partial charge in [-0.15, -0.1) is 0 Å². The molecule has 3 rings (SSSR count). The van der Waals surface area contributed by atoms with E-state index in [4.69, 9.17) is 14.0 Å². The summed E-state index contributed by atoms with van der Waals surface area (Å²) in [7, 11) is 3.94. The fourth-order valence-corrected chi connectivity index (χ4v) is 2.63. The van der Waals surface area contributed by atoms with Gasteiger partial charge in [-0.1, -0.05) is 6.07 Å². The molecule has 0 saturated carbocycles. The Kier molecular flexibility index (Phi) is 3.52. The molecule has 0 aliphatic carbocycles. The van der Waals surface area contributed by atoms with Crippen LogP contribution in [0.3, 0.4) is 0 Å². The van der Waals surface area contributed by atoms with Crippen LogP contribution in [0.25, 0.3) is 0 Å². The van der Waals surface area contributed by atoms with E-state index in [-0.39, 0.29) is 13.2 Å². The predicted octanol–water partition coefficient (Wildman–Crippen LogP) is 0.814. The average Bonchev–Trinajstić information content (AvgIpc) is 2.71. The zero-order valence-corrected chi connectivity index (χ0v) is 11.8. The number of hydrogen-bond acceptors (Lipinski definition) is 4. The van der Waals surface area contributed by atoms with Crippen molar-refractivity contribution in [1.29, 1.82) is 0 Å². The highest BCUT2D eigenvalue weighted by Crippen LogP contribution is 2.26. The second-order valence-electron chi connectivity index (χ2n) is 5.57. The van der Waals surface area contributed by atoms with E-state index in [2.05, 4.69) is 31.1 Å². The summed E-state index contributed by atoms with van der Waals surface area (Å²) in [6.45, 7) is 4.27. The molecule has 1 aromatic carbocycles. The smallest absolute Gasteiger partial charge is 0.491 e. The lowest BCUT2D eigenvalue weighted by Crippen LogP contribution is -2.34. The third-order valence-corrected chi connectivity index (χ3v) is 3.69. The number of nitrogens with zero attached hydrogens (tertiary/aromatic N) is 1. The molecule has 0 N–H and O–H groups in total. The van der Waals surface area contributed by atoms with Crippen LogP contribution < -0.4 is 10.2 Å². The first-order chi connectivity index (χ1) is 9.15. The third-order valence-electron chi connectivity index (χ3n) is 3.69. The van der Waals surface area contributed by atoms with Crippen LogP contribution in [0.15, 0.2) is 12.1 Å². The number of hydrogen-bond donors (Lipinski definition) is 0. The lowest BCUT2D eigenvalue weighted by Gasteiger charge is -2.14. The van der Waals surface area contributed by atoms with E-state index in [1.807, 2.05) is 6.92 Å². The Morgan fingerprint density at radius 1 is 1.37 bits per heavy atom. The first kappa shape index (κ1) is 13.0. The minimum absolute atomic E-state index is 0.0635. The molecule has 0 aromatic heterocycles. The van der Waals surface area contributed by atoms with E-state index in [0.29, 0.717) is 13.2 Å². The highest BCUT2D eigenvalue weighted by molar-refractivity contribution is 6.64. The molecule has 0 saturated heterocycles. The van der Waals surface area contributed by atoms with Crippen LogP contribution in [-0.2, 0) is 22.3 Å². The van der Waals surface area contributed by atoms with Gasteiger partial charge in [0.1, 0.15) is 12.4 Å². The van der Waals surface area contributed by atoms with E-state index < -0.39 is 0 Å². The largest absolute Gasteiger partial charge is 0.498 e. The van der Waals surface area contributed by atoms with Crippen LogP contribution in [0.1, 0.15) is 18.1 Å². The maximum atomic E-state index is 5.86. The Morgan fingerprint density at radius 2 is 2.21 bits per heavy atom. The molecule has 0 fully saturated rings. The summed E-state index contributed by atoms with van der Waals surface area (Å²) in [5.41, 5.74) is 3.72. The molecule has 1 atom stereocenters. The van der Waals surface area contributed by atoms with Crippen molar-refractivity contribution in [3.8, 4) is 5.75 Å². The number of benzene rings is 1. The van der Waals surface area contributed by atoms with Gasteiger partial charge >= 0.3 is 7.12 Å². The zero-order chi connectivity index (χ0) is 13.4. The Morgan fingerprint density at radius 3 is 3.00 bits per heavy atom. The summed E-state index contributed by atoms with van der Waals surface area (Å²) in [5, 5.41) is 0. The van der Waals surface area contributed by atoms with Crippen molar-refractivity contribution in [3.05, 3.63) is 23.3 Å². The van der Waals surface area contributed by atoms with Gasteiger partial charge in [0.25, 0.3) is 0 Å². The number of rotatable bonds is 3. The van der Waals surface area contributed by atoms with Crippen molar-refractivity contribution in [2.75, 3.05) is 27.2 Å². The Bertz CT molecular complexity index is 478. The molecule has 0 radical (unpaired) electrons. The highest BCUT2D eigenvalue weighted by Gasteiger charge is 2.38. The number of likely N-dealkylation sites (N-methyl/N-ethyl adjacent to an activating group) is 1. The van der Waals surface area contributed by atoms with E-state index in [0.717, 1.165) is 24.2 Å². The van der Waals surface area contributed by atoms with Gasteiger partial charge in [-0.3, -0.25) is 0 Å². The molecule has 1 unspecified atom stereocenters. The minimum Gasteiger partial charge on any atom is -0.491 e. The van der Waals surface area contributed by atoms with Crippen LogP contribution in [0, 0.1) is 0 Å². The minimum atomic E-state index is -0.248. The van der Waals surface area contributed by atoms with Gasteiger partial charge in [0.15, 0.2) is 0 Å². The molecule has 0 bridgehead atoms. The Labute approximate surface area is 114 Å². The van der Waals surface area contributed by atoms with Gasteiger partial charge in [0.2, 0.25) is 0 Å². The van der Waals surface area contributed by atoms with Crippen molar-refractivity contribution in [3.63, 3.8) is 0 Å². The molecule has 4 nitrogen and oxygen atoms in total. The van der Waals surface area contributed by atoms with Crippen molar-refractivity contribution in [2.45, 2.75) is 26.1 Å². The molecule has 2 aliphatic rings. The monoisotopic (exact) mass is 261 g/mol. The van der Waals surface area contributed by atoms with Crippen LogP contribution in [0.4, 0.5) is 0 Å². The van der Waals surface area contributed by atoms with Crippen LogP contribution in [-0.4, -0.2) is 45.4 Å². The normalized spacial score (nSPS) is 21.3.